The first kappa shape index (κ1) is 21.1. The molecule has 1 fully saturated rings. The number of rotatable bonds is 3. The van der Waals surface area contributed by atoms with Crippen molar-refractivity contribution in [3.8, 4) is 11.3 Å². The van der Waals surface area contributed by atoms with Gasteiger partial charge in [0.15, 0.2) is 11.3 Å². The minimum absolute atomic E-state index is 0.116. The number of amides is 1. The Hall–Kier alpha value is -3.15. The molecule has 4 rings (SSSR count). The SMILES string of the molecule is O=C(c1cc2nc(-c3ccc(F)cc3)cc(C(F)(F)C(F)(F)F)n2n1)N1CCOCC1. The molecule has 1 aromatic carbocycles. The van der Waals surface area contributed by atoms with E-state index in [2.05, 4.69) is 10.1 Å². The van der Waals surface area contributed by atoms with E-state index in [1.807, 2.05) is 0 Å². The number of aromatic nitrogens is 3. The van der Waals surface area contributed by atoms with E-state index < -0.39 is 29.5 Å². The monoisotopic (exact) mass is 444 g/mol. The predicted molar refractivity (Wildman–Crippen MR) is 95.1 cm³/mol. The van der Waals surface area contributed by atoms with Crippen molar-refractivity contribution in [1.82, 2.24) is 19.5 Å². The molecule has 0 N–H and O–H groups in total. The largest absolute Gasteiger partial charge is 0.459 e. The van der Waals surface area contributed by atoms with Gasteiger partial charge in [-0.05, 0) is 30.3 Å². The Morgan fingerprint density at radius 1 is 1.00 bits per heavy atom. The second-order valence-corrected chi connectivity index (χ2v) is 6.81. The first-order chi connectivity index (χ1) is 14.6. The minimum atomic E-state index is -5.91. The lowest BCUT2D eigenvalue weighted by atomic mass is 10.1. The summed E-state index contributed by atoms with van der Waals surface area (Å²) in [5.74, 6) is -6.54. The number of alkyl halides is 5. The standard InChI is InChI=1S/C19H14F6N4O2/c20-12-3-1-11(2-4-12)13-9-15(18(21,22)19(23,24)25)29-16(26-13)10-14(27-29)17(30)28-5-7-31-8-6-28/h1-4,9-10H,5-8H2. The lowest BCUT2D eigenvalue weighted by molar-refractivity contribution is -0.291. The molecule has 1 saturated heterocycles. The Morgan fingerprint density at radius 2 is 1.65 bits per heavy atom. The number of fused-ring (bicyclic) bond motifs is 1. The van der Waals surface area contributed by atoms with Crippen LogP contribution in [0.5, 0.6) is 0 Å². The molecule has 0 spiro atoms. The van der Waals surface area contributed by atoms with Crippen LogP contribution < -0.4 is 0 Å². The molecule has 0 bridgehead atoms. The number of carbonyl (C=O) groups is 1. The van der Waals surface area contributed by atoms with Crippen LogP contribution in [-0.2, 0) is 10.7 Å². The van der Waals surface area contributed by atoms with Crippen LogP contribution in [0.15, 0.2) is 36.4 Å². The average Bonchev–Trinajstić information content (AvgIpc) is 3.17. The fourth-order valence-corrected chi connectivity index (χ4v) is 3.14. The second-order valence-electron chi connectivity index (χ2n) is 6.81. The van der Waals surface area contributed by atoms with E-state index >= 15 is 0 Å². The van der Waals surface area contributed by atoms with Crippen LogP contribution >= 0.6 is 0 Å². The van der Waals surface area contributed by atoms with Gasteiger partial charge in [-0.15, -0.1) is 0 Å². The molecule has 6 nitrogen and oxygen atoms in total. The van der Waals surface area contributed by atoms with Crippen LogP contribution in [0.4, 0.5) is 26.3 Å². The number of benzene rings is 1. The first-order valence-corrected chi connectivity index (χ1v) is 9.07. The summed E-state index contributed by atoms with van der Waals surface area (Å²) in [4.78, 5) is 18.1. The van der Waals surface area contributed by atoms with Gasteiger partial charge in [0.25, 0.3) is 5.91 Å². The Labute approximate surface area is 171 Å². The molecule has 0 atom stereocenters. The third kappa shape index (κ3) is 3.82. The van der Waals surface area contributed by atoms with Gasteiger partial charge in [-0.2, -0.15) is 27.1 Å². The molecule has 0 saturated carbocycles. The van der Waals surface area contributed by atoms with E-state index in [4.69, 9.17) is 4.74 Å². The summed E-state index contributed by atoms with van der Waals surface area (Å²) in [6, 6.07) is 6.00. The van der Waals surface area contributed by atoms with Crippen LogP contribution in [0.1, 0.15) is 16.2 Å². The lowest BCUT2D eigenvalue weighted by Crippen LogP contribution is -2.41. The minimum Gasteiger partial charge on any atom is -0.378 e. The first-order valence-electron chi connectivity index (χ1n) is 9.07. The molecule has 0 radical (unpaired) electrons. The van der Waals surface area contributed by atoms with Crippen molar-refractivity contribution in [3.63, 3.8) is 0 Å². The third-order valence-corrected chi connectivity index (χ3v) is 4.76. The number of halogens is 6. The number of carbonyl (C=O) groups excluding carboxylic acids is 1. The summed E-state index contributed by atoms with van der Waals surface area (Å²) in [7, 11) is 0. The average molecular weight is 444 g/mol. The van der Waals surface area contributed by atoms with Crippen LogP contribution in [0.3, 0.4) is 0 Å². The van der Waals surface area contributed by atoms with Crippen molar-refractivity contribution in [2.24, 2.45) is 0 Å². The van der Waals surface area contributed by atoms with Gasteiger partial charge in [0.05, 0.1) is 18.9 Å². The zero-order valence-electron chi connectivity index (χ0n) is 15.7. The van der Waals surface area contributed by atoms with Crippen molar-refractivity contribution in [2.75, 3.05) is 26.3 Å². The summed E-state index contributed by atoms with van der Waals surface area (Å²) < 4.78 is 86.7. The molecule has 1 amide bonds. The van der Waals surface area contributed by atoms with Crippen LogP contribution in [0, 0.1) is 5.82 Å². The van der Waals surface area contributed by atoms with Crippen LogP contribution in [0.25, 0.3) is 16.9 Å². The second kappa shape index (κ2) is 7.52. The Balaban J connectivity index is 1.88. The summed E-state index contributed by atoms with van der Waals surface area (Å²) in [5, 5.41) is 3.70. The molecular weight excluding hydrogens is 430 g/mol. The molecular formula is C19H14F6N4O2. The molecule has 0 aliphatic carbocycles. The molecule has 0 unspecified atom stereocenters. The summed E-state index contributed by atoms with van der Waals surface area (Å²) >= 11 is 0. The van der Waals surface area contributed by atoms with E-state index in [9.17, 15) is 31.1 Å². The number of morpholine rings is 1. The van der Waals surface area contributed by atoms with E-state index in [0.717, 1.165) is 18.2 Å². The van der Waals surface area contributed by atoms with Gasteiger partial charge in [-0.3, -0.25) is 4.79 Å². The summed E-state index contributed by atoms with van der Waals surface area (Å²) in [6.45, 7) is 0.992. The highest BCUT2D eigenvalue weighted by atomic mass is 19.4. The van der Waals surface area contributed by atoms with Gasteiger partial charge in [-0.1, -0.05) is 0 Å². The molecule has 2 aromatic heterocycles. The van der Waals surface area contributed by atoms with E-state index in [1.165, 1.54) is 17.0 Å². The van der Waals surface area contributed by atoms with Crippen LogP contribution in [0.2, 0.25) is 0 Å². The lowest BCUT2D eigenvalue weighted by Gasteiger charge is -2.25. The van der Waals surface area contributed by atoms with Crippen molar-refractivity contribution < 1.29 is 35.9 Å². The highest BCUT2D eigenvalue weighted by Crippen LogP contribution is 2.44. The maximum Gasteiger partial charge on any atom is 0.459 e. The topological polar surface area (TPSA) is 59.7 Å². The molecule has 31 heavy (non-hydrogen) atoms. The Morgan fingerprint density at radius 3 is 2.26 bits per heavy atom. The Kier molecular flexibility index (Phi) is 5.12. The third-order valence-electron chi connectivity index (χ3n) is 4.76. The fraction of sp³-hybridized carbons (Fsp3) is 0.316. The number of hydrogen-bond donors (Lipinski definition) is 0. The molecule has 1 aliphatic heterocycles. The van der Waals surface area contributed by atoms with Crippen molar-refractivity contribution >= 4 is 11.6 Å². The van der Waals surface area contributed by atoms with E-state index in [1.54, 1.807) is 0 Å². The fourth-order valence-electron chi connectivity index (χ4n) is 3.14. The van der Waals surface area contributed by atoms with Gasteiger partial charge in [0, 0.05) is 24.7 Å². The zero-order valence-corrected chi connectivity index (χ0v) is 15.7. The maximum atomic E-state index is 14.3. The highest BCUT2D eigenvalue weighted by Gasteiger charge is 2.60. The van der Waals surface area contributed by atoms with E-state index in [0.29, 0.717) is 10.6 Å². The number of nitrogens with zero attached hydrogens (tertiary/aromatic N) is 4. The highest BCUT2D eigenvalue weighted by molar-refractivity contribution is 5.93. The smallest absolute Gasteiger partial charge is 0.378 e. The summed E-state index contributed by atoms with van der Waals surface area (Å²) in [5.41, 5.74) is -2.35. The normalized spacial score (nSPS) is 15.5. The van der Waals surface area contributed by atoms with Crippen LogP contribution in [-0.4, -0.2) is 57.9 Å². The molecule has 3 aromatic rings. The molecule has 12 heteroatoms. The molecule has 164 valence electrons. The number of hydrogen-bond acceptors (Lipinski definition) is 4. The van der Waals surface area contributed by atoms with Crippen molar-refractivity contribution in [3.05, 3.63) is 53.6 Å². The number of ether oxygens (including phenoxy) is 1. The zero-order chi connectivity index (χ0) is 22.4. The molecule has 1 aliphatic rings. The summed E-state index contributed by atoms with van der Waals surface area (Å²) in [6.07, 6.45) is -5.91. The predicted octanol–water partition coefficient (Wildman–Crippen LogP) is 3.66. The maximum absolute atomic E-state index is 14.3. The van der Waals surface area contributed by atoms with Crippen molar-refractivity contribution in [2.45, 2.75) is 12.1 Å². The molecule has 3 heterocycles. The van der Waals surface area contributed by atoms with Gasteiger partial charge in [0.2, 0.25) is 0 Å². The van der Waals surface area contributed by atoms with Gasteiger partial charge in [0.1, 0.15) is 11.5 Å². The van der Waals surface area contributed by atoms with Gasteiger partial charge in [-0.25, -0.2) is 13.9 Å². The van der Waals surface area contributed by atoms with Gasteiger partial charge >= 0.3 is 12.1 Å². The van der Waals surface area contributed by atoms with Gasteiger partial charge < -0.3 is 9.64 Å². The van der Waals surface area contributed by atoms with E-state index in [-0.39, 0.29) is 48.9 Å². The quantitative estimate of drug-likeness (QED) is 0.579. The Bertz CT molecular complexity index is 1120. The van der Waals surface area contributed by atoms with Crippen molar-refractivity contribution in [1.29, 1.82) is 0 Å².